The Balaban J connectivity index is 1.75. The number of anilines is 1. The number of nitrogens with zero attached hydrogens (tertiary/aromatic N) is 1. The molecule has 1 unspecified atom stereocenters. The quantitative estimate of drug-likeness (QED) is 0.324. The summed E-state index contributed by atoms with van der Waals surface area (Å²) in [7, 11) is 0. The number of unbranched alkanes of at least 4 members (excludes halogenated alkanes) is 1. The number of hydrogen-bond donors (Lipinski definition) is 3. The molecule has 3 rings (SSSR count). The van der Waals surface area contributed by atoms with Gasteiger partial charge in [-0.25, -0.2) is 0 Å². The summed E-state index contributed by atoms with van der Waals surface area (Å²) in [6.45, 7) is 8.52. The molecule has 0 saturated carbocycles. The second-order valence-corrected chi connectivity index (χ2v) is 8.49. The molecule has 6 nitrogen and oxygen atoms in total. The van der Waals surface area contributed by atoms with E-state index in [1.807, 2.05) is 6.07 Å². The van der Waals surface area contributed by atoms with Gasteiger partial charge in [0.05, 0.1) is 6.54 Å². The predicted molar refractivity (Wildman–Crippen MR) is 122 cm³/mol. The van der Waals surface area contributed by atoms with E-state index in [1.54, 1.807) is 0 Å². The molecule has 0 spiro atoms. The van der Waals surface area contributed by atoms with Crippen LogP contribution in [0, 0.1) is 5.92 Å². The van der Waals surface area contributed by atoms with Crippen LogP contribution < -0.4 is 10.6 Å². The van der Waals surface area contributed by atoms with Crippen molar-refractivity contribution in [3.05, 3.63) is 29.5 Å². The molecular formula is C22H32N4O2S. The Morgan fingerprint density at radius 1 is 1.45 bits per heavy atom. The summed E-state index contributed by atoms with van der Waals surface area (Å²) in [6.07, 6.45) is 5.28. The number of hydroxylamine groups is 2. The third-order valence-corrected chi connectivity index (χ3v) is 5.77. The molecule has 0 saturated heterocycles. The van der Waals surface area contributed by atoms with Crippen molar-refractivity contribution in [1.29, 1.82) is 0 Å². The number of rotatable bonds is 9. The molecule has 3 N–H and O–H groups in total. The van der Waals surface area contributed by atoms with Gasteiger partial charge in [-0.1, -0.05) is 27.2 Å². The SMILES string of the molecule is CCCCN(OC=O)C(=S)Nc1ccc2[nH]c3c(c2c1)CC(CNC(C)C)CC3. The fourth-order valence-corrected chi connectivity index (χ4v) is 4.14. The van der Waals surface area contributed by atoms with Crippen LogP contribution in [-0.2, 0) is 22.5 Å². The van der Waals surface area contributed by atoms with Crippen LogP contribution in [0.5, 0.6) is 0 Å². The average molecular weight is 417 g/mol. The molecule has 1 aliphatic rings. The van der Waals surface area contributed by atoms with Gasteiger partial charge < -0.3 is 20.5 Å². The zero-order valence-electron chi connectivity index (χ0n) is 17.6. The van der Waals surface area contributed by atoms with Gasteiger partial charge in [0.25, 0.3) is 0 Å². The molecule has 1 atom stereocenters. The summed E-state index contributed by atoms with van der Waals surface area (Å²) in [4.78, 5) is 19.4. The molecule has 0 bridgehead atoms. The zero-order chi connectivity index (χ0) is 20.8. The molecular weight excluding hydrogens is 384 g/mol. The van der Waals surface area contributed by atoms with Gasteiger partial charge in [0.2, 0.25) is 5.11 Å². The highest BCUT2D eigenvalue weighted by atomic mass is 32.1. The second kappa shape index (κ2) is 10.1. The van der Waals surface area contributed by atoms with Crippen molar-refractivity contribution in [3.8, 4) is 0 Å². The van der Waals surface area contributed by atoms with Crippen LogP contribution in [0.3, 0.4) is 0 Å². The van der Waals surface area contributed by atoms with Crippen LogP contribution in [0.4, 0.5) is 5.69 Å². The molecule has 158 valence electrons. The van der Waals surface area contributed by atoms with Crippen molar-refractivity contribution >= 4 is 40.4 Å². The monoisotopic (exact) mass is 416 g/mol. The van der Waals surface area contributed by atoms with Gasteiger partial charge in [0, 0.05) is 28.3 Å². The van der Waals surface area contributed by atoms with Crippen molar-refractivity contribution in [1.82, 2.24) is 15.4 Å². The number of hydrogen-bond acceptors (Lipinski definition) is 4. The highest BCUT2D eigenvalue weighted by molar-refractivity contribution is 7.80. The van der Waals surface area contributed by atoms with Crippen LogP contribution in [0.1, 0.15) is 51.3 Å². The first-order chi connectivity index (χ1) is 14.0. The zero-order valence-corrected chi connectivity index (χ0v) is 18.4. The van der Waals surface area contributed by atoms with E-state index in [0.29, 0.717) is 30.1 Å². The lowest BCUT2D eigenvalue weighted by atomic mass is 9.86. The van der Waals surface area contributed by atoms with Crippen LogP contribution in [0.25, 0.3) is 10.9 Å². The van der Waals surface area contributed by atoms with E-state index >= 15 is 0 Å². The van der Waals surface area contributed by atoms with Gasteiger partial charge in [0.15, 0.2) is 0 Å². The molecule has 1 aliphatic carbocycles. The first-order valence-corrected chi connectivity index (χ1v) is 11.0. The first-order valence-electron chi connectivity index (χ1n) is 10.6. The predicted octanol–water partition coefficient (Wildman–Crippen LogP) is 4.16. The molecule has 7 heteroatoms. The van der Waals surface area contributed by atoms with E-state index in [-0.39, 0.29) is 0 Å². The number of carbonyl (C=O) groups excluding carboxylic acids is 1. The largest absolute Gasteiger partial charge is 0.358 e. The van der Waals surface area contributed by atoms with Crippen LogP contribution in [0.15, 0.2) is 18.2 Å². The van der Waals surface area contributed by atoms with Gasteiger partial charge in [-0.15, -0.1) is 0 Å². The number of aryl methyl sites for hydroxylation is 1. The number of carbonyl (C=O) groups is 1. The summed E-state index contributed by atoms with van der Waals surface area (Å²) in [5, 5.41) is 9.89. The maximum Gasteiger partial charge on any atom is 0.320 e. The van der Waals surface area contributed by atoms with E-state index in [2.05, 4.69) is 48.5 Å². The van der Waals surface area contributed by atoms with Gasteiger partial charge >= 0.3 is 6.47 Å². The number of fused-ring (bicyclic) bond motifs is 3. The topological polar surface area (TPSA) is 69.4 Å². The highest BCUT2D eigenvalue weighted by Gasteiger charge is 2.23. The number of nitrogens with one attached hydrogen (secondary N) is 3. The minimum atomic E-state index is 0.397. The molecule has 1 aromatic heterocycles. The lowest BCUT2D eigenvalue weighted by molar-refractivity contribution is -0.155. The Labute approximate surface area is 178 Å². The van der Waals surface area contributed by atoms with Crippen molar-refractivity contribution in [2.75, 3.05) is 18.4 Å². The van der Waals surface area contributed by atoms with E-state index < -0.39 is 0 Å². The van der Waals surface area contributed by atoms with Crippen molar-refractivity contribution in [2.45, 2.75) is 58.9 Å². The van der Waals surface area contributed by atoms with Gasteiger partial charge in [0.1, 0.15) is 0 Å². The summed E-state index contributed by atoms with van der Waals surface area (Å²) in [6, 6.07) is 6.76. The average Bonchev–Trinajstić information content (AvgIpc) is 3.06. The molecule has 0 fully saturated rings. The van der Waals surface area contributed by atoms with Crippen LogP contribution in [-0.4, -0.2) is 40.8 Å². The minimum absolute atomic E-state index is 0.397. The normalized spacial score (nSPS) is 15.9. The second-order valence-electron chi connectivity index (χ2n) is 8.10. The Hall–Kier alpha value is -2.12. The summed E-state index contributed by atoms with van der Waals surface area (Å²) in [5.41, 5.74) is 4.84. The number of thiocarbonyl (C=S) groups is 1. The van der Waals surface area contributed by atoms with E-state index in [4.69, 9.17) is 17.1 Å². The van der Waals surface area contributed by atoms with Crippen molar-refractivity contribution in [3.63, 3.8) is 0 Å². The lowest BCUT2D eigenvalue weighted by Crippen LogP contribution is -2.35. The van der Waals surface area contributed by atoms with Crippen LogP contribution in [0.2, 0.25) is 0 Å². The maximum absolute atomic E-state index is 10.8. The van der Waals surface area contributed by atoms with Gasteiger partial charge in [-0.2, -0.15) is 5.06 Å². The minimum Gasteiger partial charge on any atom is -0.358 e. The summed E-state index contributed by atoms with van der Waals surface area (Å²) in [5.74, 6) is 0.659. The van der Waals surface area contributed by atoms with E-state index in [0.717, 1.165) is 43.4 Å². The molecule has 2 aromatic rings. The first kappa shape index (κ1) is 21.6. The van der Waals surface area contributed by atoms with E-state index in [1.165, 1.54) is 28.1 Å². The fraction of sp³-hybridized carbons (Fsp3) is 0.545. The standard InChI is InChI=1S/C22H32N4O2S/c1-4-5-10-26(28-14-27)22(29)24-17-7-9-21-19(12-17)18-11-16(13-23-15(2)3)6-8-20(18)25-21/h7,9,12,14-16,23,25H,4-6,8,10-11,13H2,1-3H3,(H,24,29). The van der Waals surface area contributed by atoms with Gasteiger partial charge in [-0.05, 0) is 74.1 Å². The van der Waals surface area contributed by atoms with Gasteiger partial charge in [-0.3, -0.25) is 4.79 Å². The number of aromatic amines is 1. The number of aromatic nitrogens is 1. The molecule has 0 aliphatic heterocycles. The highest BCUT2D eigenvalue weighted by Crippen LogP contribution is 2.33. The third-order valence-electron chi connectivity index (χ3n) is 5.47. The third kappa shape index (κ3) is 5.48. The van der Waals surface area contributed by atoms with E-state index in [9.17, 15) is 4.79 Å². The Morgan fingerprint density at radius 3 is 3.00 bits per heavy atom. The number of H-pyrrole nitrogens is 1. The molecule has 29 heavy (non-hydrogen) atoms. The molecule has 0 radical (unpaired) electrons. The summed E-state index contributed by atoms with van der Waals surface area (Å²) < 4.78 is 0. The Kier molecular flexibility index (Phi) is 7.50. The fourth-order valence-electron chi connectivity index (χ4n) is 3.89. The Bertz CT molecular complexity index is 849. The van der Waals surface area contributed by atoms with Crippen molar-refractivity contribution < 1.29 is 9.63 Å². The van der Waals surface area contributed by atoms with Crippen molar-refractivity contribution in [2.24, 2.45) is 5.92 Å². The number of benzene rings is 1. The Morgan fingerprint density at radius 2 is 2.28 bits per heavy atom. The molecule has 1 heterocycles. The lowest BCUT2D eigenvalue weighted by Gasteiger charge is -2.24. The smallest absolute Gasteiger partial charge is 0.320 e. The molecule has 0 amide bonds. The van der Waals surface area contributed by atoms with Crippen LogP contribution >= 0.6 is 12.2 Å². The molecule has 1 aromatic carbocycles. The maximum atomic E-state index is 10.8. The summed E-state index contributed by atoms with van der Waals surface area (Å²) >= 11 is 5.45.